The fourth-order valence-electron chi connectivity index (χ4n) is 2.11. The second-order valence-electron chi connectivity index (χ2n) is 5.64. The first-order valence-electron chi connectivity index (χ1n) is 6.48. The summed E-state index contributed by atoms with van der Waals surface area (Å²) in [6, 6.07) is 8.09. The molecule has 0 saturated heterocycles. The lowest BCUT2D eigenvalue weighted by atomic mass is 9.94. The summed E-state index contributed by atoms with van der Waals surface area (Å²) in [4.78, 5) is 16.1. The normalized spacial score (nSPS) is 22.2. The van der Waals surface area contributed by atoms with Gasteiger partial charge in [-0.05, 0) is 30.4 Å². The van der Waals surface area contributed by atoms with Crippen molar-refractivity contribution >= 4 is 11.7 Å². The molecule has 0 spiro atoms. The molecule has 0 bridgehead atoms. The number of nitrogens with zero attached hydrogens (tertiary/aromatic N) is 1. The Balaban J connectivity index is 2.10. The van der Waals surface area contributed by atoms with Crippen LogP contribution in [0.5, 0.6) is 0 Å². The van der Waals surface area contributed by atoms with Crippen molar-refractivity contribution in [1.82, 2.24) is 0 Å². The summed E-state index contributed by atoms with van der Waals surface area (Å²) in [7, 11) is 0. The van der Waals surface area contributed by atoms with Crippen LogP contribution in [0.1, 0.15) is 38.3 Å². The lowest BCUT2D eigenvalue weighted by Gasteiger charge is -2.14. The summed E-state index contributed by atoms with van der Waals surface area (Å²) < 4.78 is 0. The summed E-state index contributed by atoms with van der Waals surface area (Å²) in [5, 5.41) is 13.0. The van der Waals surface area contributed by atoms with E-state index in [4.69, 9.17) is 9.94 Å². The molecule has 1 aliphatic rings. The van der Waals surface area contributed by atoms with Gasteiger partial charge in [-0.1, -0.05) is 43.3 Å². The van der Waals surface area contributed by atoms with Crippen LogP contribution in [0.25, 0.3) is 0 Å². The summed E-state index contributed by atoms with van der Waals surface area (Å²) in [5.74, 6) is -0.365. The largest absolute Gasteiger partial charge is 0.478 e. The first-order chi connectivity index (χ1) is 8.90. The second kappa shape index (κ2) is 5.03. The highest BCUT2D eigenvalue weighted by Gasteiger charge is 2.42. The molecule has 1 aliphatic heterocycles. The standard InChI is InChI=1S/C15H19NO3/c1-10(2)8-11-4-6-12(7-5-11)13-9-15(3,14(17)18)19-16-13/h4-7,10H,8-9H2,1-3H3,(H,17,18)/t15-/m0/s1. The van der Waals surface area contributed by atoms with Crippen LogP contribution >= 0.6 is 0 Å². The summed E-state index contributed by atoms with van der Waals surface area (Å²) in [6.45, 7) is 5.90. The number of oxime groups is 1. The SMILES string of the molecule is CC(C)Cc1ccc(C2=NO[C@](C)(C(=O)O)C2)cc1. The van der Waals surface area contributed by atoms with Crippen LogP contribution in [-0.4, -0.2) is 22.4 Å². The van der Waals surface area contributed by atoms with E-state index < -0.39 is 11.6 Å². The van der Waals surface area contributed by atoms with Gasteiger partial charge in [0.1, 0.15) is 0 Å². The van der Waals surface area contributed by atoms with Crippen LogP contribution < -0.4 is 0 Å². The highest BCUT2D eigenvalue weighted by molar-refractivity contribution is 6.04. The number of benzene rings is 1. The molecule has 0 saturated carbocycles. The van der Waals surface area contributed by atoms with Gasteiger partial charge in [-0.3, -0.25) is 0 Å². The van der Waals surface area contributed by atoms with Crippen LogP contribution in [0.2, 0.25) is 0 Å². The Bertz CT molecular complexity index is 505. The number of carbonyl (C=O) groups is 1. The van der Waals surface area contributed by atoms with Crippen molar-refractivity contribution < 1.29 is 14.7 Å². The molecule has 0 unspecified atom stereocenters. The Kier molecular flexibility index (Phi) is 3.60. The van der Waals surface area contributed by atoms with Crippen molar-refractivity contribution in [2.75, 3.05) is 0 Å². The Morgan fingerprint density at radius 2 is 2.05 bits per heavy atom. The van der Waals surface area contributed by atoms with Crippen molar-refractivity contribution in [2.45, 2.75) is 39.2 Å². The van der Waals surface area contributed by atoms with E-state index in [2.05, 4.69) is 31.1 Å². The second-order valence-corrected chi connectivity index (χ2v) is 5.64. The maximum Gasteiger partial charge on any atom is 0.351 e. The molecule has 4 nitrogen and oxygen atoms in total. The van der Waals surface area contributed by atoms with E-state index in [-0.39, 0.29) is 0 Å². The Hall–Kier alpha value is -1.84. The van der Waals surface area contributed by atoms with Gasteiger partial charge in [0.05, 0.1) is 5.71 Å². The van der Waals surface area contributed by atoms with Gasteiger partial charge in [0.2, 0.25) is 5.60 Å². The average Bonchev–Trinajstić information content (AvgIpc) is 2.74. The summed E-state index contributed by atoms with van der Waals surface area (Å²) in [5.41, 5.74) is 1.67. The summed E-state index contributed by atoms with van der Waals surface area (Å²) in [6.07, 6.45) is 1.34. The molecule has 1 aromatic rings. The van der Waals surface area contributed by atoms with Crippen LogP contribution in [0.4, 0.5) is 0 Å². The quantitative estimate of drug-likeness (QED) is 0.906. The van der Waals surface area contributed by atoms with Crippen LogP contribution in [-0.2, 0) is 16.1 Å². The maximum absolute atomic E-state index is 11.1. The minimum absolute atomic E-state index is 0.297. The lowest BCUT2D eigenvalue weighted by molar-refractivity contribution is -0.160. The molecule has 2 rings (SSSR count). The van der Waals surface area contributed by atoms with E-state index in [1.54, 1.807) is 6.92 Å². The van der Waals surface area contributed by atoms with E-state index in [9.17, 15) is 4.79 Å². The monoisotopic (exact) mass is 261 g/mol. The van der Waals surface area contributed by atoms with Crippen LogP contribution in [0.15, 0.2) is 29.4 Å². The van der Waals surface area contributed by atoms with E-state index in [1.165, 1.54) is 5.56 Å². The highest BCUT2D eigenvalue weighted by atomic mass is 16.7. The van der Waals surface area contributed by atoms with Gasteiger partial charge in [0.25, 0.3) is 0 Å². The van der Waals surface area contributed by atoms with E-state index in [0.717, 1.165) is 12.0 Å². The van der Waals surface area contributed by atoms with Gasteiger partial charge >= 0.3 is 5.97 Å². The fraction of sp³-hybridized carbons (Fsp3) is 0.467. The third kappa shape index (κ3) is 2.95. The molecule has 4 heteroatoms. The molecule has 0 aromatic heterocycles. The number of carboxylic acid groups (broad SMARTS) is 1. The third-order valence-corrected chi connectivity index (χ3v) is 3.25. The zero-order valence-electron chi connectivity index (χ0n) is 11.5. The first kappa shape index (κ1) is 13.6. The Morgan fingerprint density at radius 1 is 1.42 bits per heavy atom. The third-order valence-electron chi connectivity index (χ3n) is 3.25. The zero-order chi connectivity index (χ0) is 14.0. The smallest absolute Gasteiger partial charge is 0.351 e. The molecule has 0 aliphatic carbocycles. The maximum atomic E-state index is 11.1. The molecular weight excluding hydrogens is 242 g/mol. The molecular formula is C15H19NO3. The van der Waals surface area contributed by atoms with Crippen molar-refractivity contribution in [2.24, 2.45) is 11.1 Å². The molecule has 19 heavy (non-hydrogen) atoms. The number of rotatable bonds is 4. The molecule has 0 fully saturated rings. The average molecular weight is 261 g/mol. The molecule has 0 amide bonds. The molecule has 1 N–H and O–H groups in total. The van der Waals surface area contributed by atoms with Gasteiger partial charge in [0.15, 0.2) is 0 Å². The molecule has 1 aromatic carbocycles. The van der Waals surface area contributed by atoms with Crippen molar-refractivity contribution in [1.29, 1.82) is 0 Å². The summed E-state index contributed by atoms with van der Waals surface area (Å²) >= 11 is 0. The van der Waals surface area contributed by atoms with Gasteiger partial charge in [-0.2, -0.15) is 0 Å². The molecule has 102 valence electrons. The van der Waals surface area contributed by atoms with Crippen LogP contribution in [0, 0.1) is 5.92 Å². The van der Waals surface area contributed by atoms with E-state index >= 15 is 0 Å². The number of aliphatic carboxylic acids is 1. The molecule has 1 heterocycles. The number of carboxylic acids is 1. The van der Waals surface area contributed by atoms with E-state index in [0.29, 0.717) is 18.1 Å². The predicted molar refractivity (Wildman–Crippen MR) is 73.3 cm³/mol. The van der Waals surface area contributed by atoms with Crippen molar-refractivity contribution in [3.63, 3.8) is 0 Å². The van der Waals surface area contributed by atoms with Crippen molar-refractivity contribution in [3.8, 4) is 0 Å². The number of hydrogen-bond acceptors (Lipinski definition) is 3. The van der Waals surface area contributed by atoms with E-state index in [1.807, 2.05) is 12.1 Å². The predicted octanol–water partition coefficient (Wildman–Crippen LogP) is 2.85. The fourth-order valence-corrected chi connectivity index (χ4v) is 2.11. The van der Waals surface area contributed by atoms with Gasteiger partial charge in [-0.15, -0.1) is 0 Å². The first-order valence-corrected chi connectivity index (χ1v) is 6.48. The van der Waals surface area contributed by atoms with Gasteiger partial charge < -0.3 is 9.94 Å². The van der Waals surface area contributed by atoms with Gasteiger partial charge in [-0.25, -0.2) is 4.79 Å². The molecule has 1 atom stereocenters. The minimum atomic E-state index is -1.23. The number of hydrogen-bond donors (Lipinski definition) is 1. The van der Waals surface area contributed by atoms with Crippen molar-refractivity contribution in [3.05, 3.63) is 35.4 Å². The Labute approximate surface area is 113 Å². The minimum Gasteiger partial charge on any atom is -0.478 e. The lowest BCUT2D eigenvalue weighted by Crippen LogP contribution is -2.35. The topological polar surface area (TPSA) is 58.9 Å². The Morgan fingerprint density at radius 3 is 2.53 bits per heavy atom. The zero-order valence-corrected chi connectivity index (χ0v) is 11.5. The van der Waals surface area contributed by atoms with Gasteiger partial charge in [0, 0.05) is 6.42 Å². The molecule has 0 radical (unpaired) electrons. The highest BCUT2D eigenvalue weighted by Crippen LogP contribution is 2.27. The van der Waals surface area contributed by atoms with Crippen LogP contribution in [0.3, 0.4) is 0 Å².